The minimum Gasteiger partial charge on any atom is -1.00 e. The molecule has 0 bridgehead atoms. The Bertz CT molecular complexity index is 1410. The number of hydrogen-bond donors (Lipinski definition) is 0. The molecule has 0 spiro atoms. The third-order valence-corrected chi connectivity index (χ3v) is 6.37. The molecule has 0 N–H and O–H groups in total. The smallest absolute Gasteiger partial charge is 1.00 e. The van der Waals surface area contributed by atoms with Gasteiger partial charge >= 0.3 is 26.2 Å². The zero-order valence-electron chi connectivity index (χ0n) is 21.0. The monoisotopic (exact) mass is 600 g/mol. The van der Waals surface area contributed by atoms with Crippen LogP contribution in [0.2, 0.25) is 0 Å². The van der Waals surface area contributed by atoms with Crippen LogP contribution in [0.3, 0.4) is 0 Å². The van der Waals surface area contributed by atoms with E-state index in [2.05, 4.69) is 96.6 Å². The Balaban J connectivity index is 0.000000241. The van der Waals surface area contributed by atoms with Crippen LogP contribution in [-0.2, 0) is 39.0 Å². The molecule has 4 aromatic carbocycles. The van der Waals surface area contributed by atoms with E-state index in [1.807, 2.05) is 36.7 Å². The second kappa shape index (κ2) is 14.4. The number of aromatic nitrogens is 2. The van der Waals surface area contributed by atoms with E-state index in [4.69, 9.17) is 0 Å². The van der Waals surface area contributed by atoms with Crippen LogP contribution < -0.4 is 24.8 Å². The third kappa shape index (κ3) is 6.85. The molecule has 2 heterocycles. The summed E-state index contributed by atoms with van der Waals surface area (Å²) in [6.45, 7) is 4.39. The van der Waals surface area contributed by atoms with Gasteiger partial charge in [-0.1, -0.05) is 73.5 Å². The molecule has 2 nitrogen and oxygen atoms in total. The average molecular weight is 603 g/mol. The molecule has 5 heteroatoms. The molecule has 0 amide bonds. The van der Waals surface area contributed by atoms with Gasteiger partial charge in [-0.3, -0.25) is 9.97 Å². The zero-order valence-corrected chi connectivity index (χ0v) is 24.9. The van der Waals surface area contributed by atoms with Crippen molar-refractivity contribution in [3.8, 4) is 22.5 Å². The van der Waals surface area contributed by atoms with E-state index < -0.39 is 0 Å². The van der Waals surface area contributed by atoms with E-state index in [9.17, 15) is 0 Å². The van der Waals surface area contributed by atoms with Gasteiger partial charge in [-0.25, -0.2) is 0 Å². The number of pyridine rings is 2. The maximum absolute atomic E-state index is 4.40. The Morgan fingerprint density at radius 2 is 1.00 bits per heavy atom. The molecule has 0 unspecified atom stereocenters. The summed E-state index contributed by atoms with van der Waals surface area (Å²) in [4.78, 5) is 8.80. The van der Waals surface area contributed by atoms with Gasteiger partial charge in [0.25, 0.3) is 0 Å². The van der Waals surface area contributed by atoms with Crippen LogP contribution in [0.5, 0.6) is 0 Å². The molecule has 0 aliphatic carbocycles. The number of nitrogens with zero attached hydrogens (tertiary/aromatic N) is 2. The van der Waals surface area contributed by atoms with Crippen molar-refractivity contribution < 1.29 is 51.0 Å². The molecule has 0 atom stereocenters. The number of halogens is 2. The molecule has 0 saturated heterocycles. The Hall–Kier alpha value is -2.58. The van der Waals surface area contributed by atoms with E-state index in [0.717, 1.165) is 24.2 Å². The van der Waals surface area contributed by atoms with Gasteiger partial charge in [-0.2, -0.15) is 0 Å². The van der Waals surface area contributed by atoms with Gasteiger partial charge in [0, 0.05) is 23.8 Å². The topological polar surface area (TPSA) is 25.8 Å². The summed E-state index contributed by atoms with van der Waals surface area (Å²) < 4.78 is 0. The van der Waals surface area contributed by atoms with Gasteiger partial charge in [0.1, 0.15) is 0 Å². The normalized spacial score (nSPS) is 10.0. The number of hydrogen-bond acceptors (Lipinski definition) is 2. The Kier molecular flexibility index (Phi) is 11.9. The van der Waals surface area contributed by atoms with Crippen LogP contribution >= 0.6 is 0 Å². The number of rotatable bonds is 4. The van der Waals surface area contributed by atoms with E-state index in [1.165, 1.54) is 43.8 Å². The van der Waals surface area contributed by atoms with Gasteiger partial charge in [0.15, 0.2) is 0 Å². The first-order valence-corrected chi connectivity index (χ1v) is 12.0. The molecule has 184 valence electrons. The summed E-state index contributed by atoms with van der Waals surface area (Å²) in [5.41, 5.74) is 7.33. The standard InChI is InChI=1S/2C16H14N.2ClH.Zr/c2*1-2-12-6-5-7-13-10-14(11-15(12)13)16-8-3-4-9-17-16;;;/h2*3-11H,2H2,1H3;2*1H;/q2*-1;;;+4/p-2. The molecule has 2 aromatic heterocycles. The first-order valence-electron chi connectivity index (χ1n) is 12.0. The van der Waals surface area contributed by atoms with Gasteiger partial charge < -0.3 is 24.8 Å². The average Bonchev–Trinajstić information content (AvgIpc) is 3.55. The van der Waals surface area contributed by atoms with Crippen molar-refractivity contribution >= 4 is 21.5 Å². The van der Waals surface area contributed by atoms with Crippen molar-refractivity contribution in [2.45, 2.75) is 26.7 Å². The van der Waals surface area contributed by atoms with Crippen LogP contribution in [-0.4, -0.2) is 9.97 Å². The number of aryl methyl sites for hydroxylation is 2. The van der Waals surface area contributed by atoms with Crippen LogP contribution in [0.1, 0.15) is 25.0 Å². The zero-order chi connectivity index (χ0) is 23.3. The fourth-order valence-corrected chi connectivity index (χ4v) is 4.58. The Labute approximate surface area is 250 Å². The molecule has 6 rings (SSSR count). The van der Waals surface area contributed by atoms with Crippen molar-refractivity contribution in [1.29, 1.82) is 0 Å². The molecule has 0 radical (unpaired) electrons. The molecule has 0 saturated carbocycles. The van der Waals surface area contributed by atoms with Crippen molar-refractivity contribution in [2.24, 2.45) is 0 Å². The van der Waals surface area contributed by atoms with Crippen molar-refractivity contribution in [2.75, 3.05) is 0 Å². The van der Waals surface area contributed by atoms with Crippen molar-refractivity contribution in [3.63, 3.8) is 0 Å². The molecule has 37 heavy (non-hydrogen) atoms. The SMILES string of the molecule is CCc1cccc2[cH-]c(-c3ccccn3)cc12.CCc1cccc2[cH-]c(-c3ccccn3)cc12.[Cl-].[Cl-].[Zr+4]. The summed E-state index contributed by atoms with van der Waals surface area (Å²) in [6.07, 6.45) is 5.83. The van der Waals surface area contributed by atoms with E-state index >= 15 is 0 Å². The van der Waals surface area contributed by atoms with Crippen LogP contribution in [0.4, 0.5) is 0 Å². The summed E-state index contributed by atoms with van der Waals surface area (Å²) in [5.74, 6) is 0. The summed E-state index contributed by atoms with van der Waals surface area (Å²) in [6, 6.07) is 34.0. The maximum atomic E-state index is 4.40. The maximum Gasteiger partial charge on any atom is 4.00 e. The van der Waals surface area contributed by atoms with E-state index in [0.29, 0.717) is 0 Å². The Morgan fingerprint density at radius 3 is 1.35 bits per heavy atom. The van der Waals surface area contributed by atoms with Gasteiger partial charge in [0.05, 0.1) is 0 Å². The second-order valence-electron chi connectivity index (χ2n) is 8.47. The quantitative estimate of drug-likeness (QED) is 0.290. The van der Waals surface area contributed by atoms with Gasteiger partial charge in [0.2, 0.25) is 0 Å². The predicted molar refractivity (Wildman–Crippen MR) is 144 cm³/mol. The van der Waals surface area contributed by atoms with Crippen LogP contribution in [0.15, 0.2) is 109 Å². The van der Waals surface area contributed by atoms with Crippen LogP contribution in [0.25, 0.3) is 44.1 Å². The number of fused-ring (bicyclic) bond motifs is 2. The molecule has 6 aromatic rings. The first kappa shape index (κ1) is 30.6. The second-order valence-corrected chi connectivity index (χ2v) is 8.47. The largest absolute Gasteiger partial charge is 4.00 e. The molecular weight excluding hydrogens is 574 g/mol. The summed E-state index contributed by atoms with van der Waals surface area (Å²) in [7, 11) is 0. The van der Waals surface area contributed by atoms with Crippen molar-refractivity contribution in [1.82, 2.24) is 9.97 Å². The molecular formula is C32H28Cl2N2Zr. The van der Waals surface area contributed by atoms with E-state index in [-0.39, 0.29) is 51.0 Å². The molecule has 0 aliphatic heterocycles. The number of benzene rings is 2. The Morgan fingerprint density at radius 1 is 0.568 bits per heavy atom. The minimum absolute atomic E-state index is 0. The van der Waals surface area contributed by atoms with Crippen LogP contribution in [0, 0.1) is 0 Å². The van der Waals surface area contributed by atoms with Crippen molar-refractivity contribution in [3.05, 3.63) is 121 Å². The molecule has 0 aliphatic rings. The fourth-order valence-electron chi connectivity index (χ4n) is 4.58. The summed E-state index contributed by atoms with van der Waals surface area (Å²) >= 11 is 0. The predicted octanol–water partition coefficient (Wildman–Crippen LogP) is 2.37. The fraction of sp³-hybridized carbons (Fsp3) is 0.125. The first-order chi connectivity index (χ1) is 16.8. The van der Waals surface area contributed by atoms with Gasteiger partial charge in [-0.05, 0) is 25.0 Å². The third-order valence-electron chi connectivity index (χ3n) is 6.37. The minimum atomic E-state index is 0. The van der Waals surface area contributed by atoms with E-state index in [1.54, 1.807) is 0 Å². The summed E-state index contributed by atoms with van der Waals surface area (Å²) in [5, 5.41) is 5.33. The van der Waals surface area contributed by atoms with Gasteiger partial charge in [-0.15, -0.1) is 69.1 Å². The molecule has 0 fully saturated rings.